The molecule has 1 amide bonds. The molecule has 2 aromatic carbocycles. The number of benzene rings is 2. The van der Waals surface area contributed by atoms with Crippen LogP contribution >= 0.6 is 0 Å². The molecule has 2 aromatic rings. The van der Waals surface area contributed by atoms with E-state index in [9.17, 15) is 35.4 Å². The molecular weight excluding hydrogens is 510 g/mol. The molecule has 2 saturated heterocycles. The normalized spacial score (nSPS) is 32.9. The van der Waals surface area contributed by atoms with E-state index in [1.54, 1.807) is 19.2 Å². The van der Waals surface area contributed by atoms with E-state index in [1.807, 2.05) is 36.4 Å². The number of carbonyl (C=O) groups excluding carboxylic acids is 1. The van der Waals surface area contributed by atoms with Crippen LogP contribution in [-0.4, -0.2) is 106 Å². The number of hydrogen-bond donors (Lipinski definition) is 7. The number of carbonyl (C=O) groups is 1. The quantitative estimate of drug-likeness (QED) is 0.213. The summed E-state index contributed by atoms with van der Waals surface area (Å²) in [6.45, 7) is -0.861. The standard InChI is InChI=1S/C28H37NO10/c1-29-23(32)10-15-3-2-4-17(9-15)16-5-7-19(8-6-16)37-28-24(33)18(11-20(13-30)38-28)12-21-25(34)27(36)26(35)22(14-31)39-21/h2-9,18,20-22,24-28,30-31,33-36H,10-14H2,1H3,(H,29,32). The monoisotopic (exact) mass is 547 g/mol. The smallest absolute Gasteiger partial charge is 0.226 e. The summed E-state index contributed by atoms with van der Waals surface area (Å²) in [4.78, 5) is 11.7. The van der Waals surface area contributed by atoms with Gasteiger partial charge in [-0.2, -0.15) is 0 Å². The number of amides is 1. The van der Waals surface area contributed by atoms with Gasteiger partial charge in [-0.05, 0) is 47.6 Å². The Balaban J connectivity index is 1.43. The molecule has 214 valence electrons. The summed E-state index contributed by atoms with van der Waals surface area (Å²) in [5.74, 6) is -0.188. The Morgan fingerprint density at radius 2 is 1.62 bits per heavy atom. The molecule has 39 heavy (non-hydrogen) atoms. The topological polar surface area (TPSA) is 178 Å². The molecule has 0 aliphatic carbocycles. The zero-order valence-corrected chi connectivity index (χ0v) is 21.7. The van der Waals surface area contributed by atoms with Crippen LogP contribution in [0.5, 0.6) is 5.75 Å². The van der Waals surface area contributed by atoms with Gasteiger partial charge in [0, 0.05) is 7.05 Å². The minimum absolute atomic E-state index is 0.0760. The van der Waals surface area contributed by atoms with Crippen molar-refractivity contribution in [1.29, 1.82) is 0 Å². The summed E-state index contributed by atoms with van der Waals surface area (Å²) >= 11 is 0. The van der Waals surface area contributed by atoms with Gasteiger partial charge in [0.2, 0.25) is 12.2 Å². The van der Waals surface area contributed by atoms with Gasteiger partial charge in [0.05, 0.1) is 31.8 Å². The molecule has 7 N–H and O–H groups in total. The Labute approximate surface area is 226 Å². The summed E-state index contributed by atoms with van der Waals surface area (Å²) in [6, 6.07) is 14.8. The second kappa shape index (κ2) is 13.2. The second-order valence-corrected chi connectivity index (χ2v) is 10.1. The summed E-state index contributed by atoms with van der Waals surface area (Å²) in [6.07, 6.45) is -8.73. The lowest BCUT2D eigenvalue weighted by atomic mass is 9.83. The highest BCUT2D eigenvalue weighted by Gasteiger charge is 2.47. The van der Waals surface area contributed by atoms with E-state index in [0.717, 1.165) is 16.7 Å². The average molecular weight is 548 g/mol. The number of nitrogens with one attached hydrogen (secondary N) is 1. The lowest BCUT2D eigenvalue weighted by Gasteiger charge is -2.44. The van der Waals surface area contributed by atoms with Crippen molar-refractivity contribution < 1.29 is 49.6 Å². The van der Waals surface area contributed by atoms with E-state index in [4.69, 9.17) is 14.2 Å². The van der Waals surface area contributed by atoms with E-state index in [2.05, 4.69) is 5.32 Å². The van der Waals surface area contributed by atoms with Gasteiger partial charge in [-0.3, -0.25) is 4.79 Å². The minimum Gasteiger partial charge on any atom is -0.462 e. The van der Waals surface area contributed by atoms with Gasteiger partial charge in [0.15, 0.2) is 0 Å². The van der Waals surface area contributed by atoms with E-state index < -0.39 is 61.5 Å². The Kier molecular flexibility index (Phi) is 9.91. The molecule has 11 nitrogen and oxygen atoms in total. The van der Waals surface area contributed by atoms with Gasteiger partial charge in [0.25, 0.3) is 0 Å². The summed E-state index contributed by atoms with van der Waals surface area (Å²) in [5, 5.41) is 63.5. The van der Waals surface area contributed by atoms with Crippen LogP contribution in [0.3, 0.4) is 0 Å². The van der Waals surface area contributed by atoms with Gasteiger partial charge in [0.1, 0.15) is 36.3 Å². The van der Waals surface area contributed by atoms with Crippen LogP contribution in [0.1, 0.15) is 18.4 Å². The lowest BCUT2D eigenvalue weighted by Crippen LogP contribution is -2.59. The third-order valence-electron chi connectivity index (χ3n) is 7.39. The molecule has 0 spiro atoms. The molecular formula is C28H37NO10. The van der Waals surface area contributed by atoms with Crippen molar-refractivity contribution in [3.63, 3.8) is 0 Å². The predicted octanol–water partition coefficient (Wildman–Crippen LogP) is -0.662. The molecule has 2 aliphatic heterocycles. The molecule has 0 bridgehead atoms. The van der Waals surface area contributed by atoms with Crippen molar-refractivity contribution in [2.45, 2.75) is 68.3 Å². The molecule has 2 fully saturated rings. The summed E-state index contributed by atoms with van der Waals surface area (Å²) < 4.78 is 17.3. The number of rotatable bonds is 9. The van der Waals surface area contributed by atoms with E-state index in [0.29, 0.717) is 5.75 Å². The molecule has 9 unspecified atom stereocenters. The van der Waals surface area contributed by atoms with Gasteiger partial charge >= 0.3 is 0 Å². The number of hydrogen-bond acceptors (Lipinski definition) is 10. The molecule has 2 heterocycles. The molecule has 0 aromatic heterocycles. The average Bonchev–Trinajstić information content (AvgIpc) is 2.95. The SMILES string of the molecule is CNC(=O)Cc1cccc(-c2ccc(OC3OC(CO)CC(CC4OC(CO)C(O)C(O)C4O)C3O)cc2)c1. The molecule has 2 aliphatic rings. The van der Waals surface area contributed by atoms with Crippen LogP contribution in [0.2, 0.25) is 0 Å². The van der Waals surface area contributed by atoms with E-state index in [1.165, 1.54) is 0 Å². The van der Waals surface area contributed by atoms with E-state index in [-0.39, 0.29) is 31.8 Å². The first-order valence-electron chi connectivity index (χ1n) is 13.1. The minimum atomic E-state index is -1.51. The molecule has 9 atom stereocenters. The summed E-state index contributed by atoms with van der Waals surface area (Å²) in [5.41, 5.74) is 2.71. The van der Waals surface area contributed by atoms with Gasteiger partial charge in [-0.1, -0.05) is 36.4 Å². The Hall–Kier alpha value is -2.61. The maximum Gasteiger partial charge on any atom is 0.226 e. The predicted molar refractivity (Wildman–Crippen MR) is 139 cm³/mol. The number of aliphatic hydroxyl groups excluding tert-OH is 6. The Morgan fingerprint density at radius 3 is 2.28 bits per heavy atom. The number of ether oxygens (including phenoxy) is 3. The molecule has 11 heteroatoms. The first-order valence-corrected chi connectivity index (χ1v) is 13.1. The molecule has 4 rings (SSSR count). The fraction of sp³-hybridized carbons (Fsp3) is 0.536. The first-order chi connectivity index (χ1) is 18.7. The second-order valence-electron chi connectivity index (χ2n) is 10.1. The largest absolute Gasteiger partial charge is 0.462 e. The molecule has 0 saturated carbocycles. The van der Waals surface area contributed by atoms with Crippen molar-refractivity contribution in [3.8, 4) is 16.9 Å². The maximum atomic E-state index is 11.7. The van der Waals surface area contributed by atoms with Crippen molar-refractivity contribution in [2.24, 2.45) is 5.92 Å². The van der Waals surface area contributed by atoms with Crippen LogP contribution in [0, 0.1) is 5.92 Å². The zero-order chi connectivity index (χ0) is 28.1. The van der Waals surface area contributed by atoms with Gasteiger partial charge < -0.3 is 50.2 Å². The highest BCUT2D eigenvalue weighted by atomic mass is 16.7. The van der Waals surface area contributed by atoms with Crippen molar-refractivity contribution in [3.05, 3.63) is 54.1 Å². The van der Waals surface area contributed by atoms with Crippen molar-refractivity contribution in [1.82, 2.24) is 5.32 Å². The van der Waals surface area contributed by atoms with Crippen LogP contribution < -0.4 is 10.1 Å². The number of likely N-dealkylation sites (N-methyl/N-ethyl adjacent to an activating group) is 1. The number of aliphatic hydroxyl groups is 6. The van der Waals surface area contributed by atoms with Crippen molar-refractivity contribution in [2.75, 3.05) is 20.3 Å². The maximum absolute atomic E-state index is 11.7. The first kappa shape index (κ1) is 29.4. The Bertz CT molecular complexity index is 1080. The fourth-order valence-electron chi connectivity index (χ4n) is 5.14. The van der Waals surface area contributed by atoms with Crippen LogP contribution in [0.4, 0.5) is 0 Å². The van der Waals surface area contributed by atoms with Crippen LogP contribution in [-0.2, 0) is 20.7 Å². The molecule has 0 radical (unpaired) electrons. The highest BCUT2D eigenvalue weighted by Crippen LogP contribution is 2.34. The zero-order valence-electron chi connectivity index (χ0n) is 21.7. The van der Waals surface area contributed by atoms with Crippen molar-refractivity contribution >= 4 is 5.91 Å². The van der Waals surface area contributed by atoms with Gasteiger partial charge in [-0.15, -0.1) is 0 Å². The third-order valence-corrected chi connectivity index (χ3v) is 7.39. The lowest BCUT2D eigenvalue weighted by molar-refractivity contribution is -0.253. The van der Waals surface area contributed by atoms with Crippen LogP contribution in [0.25, 0.3) is 11.1 Å². The highest BCUT2D eigenvalue weighted by molar-refractivity contribution is 5.79. The van der Waals surface area contributed by atoms with Gasteiger partial charge in [-0.25, -0.2) is 0 Å². The third kappa shape index (κ3) is 6.94. The Morgan fingerprint density at radius 1 is 0.897 bits per heavy atom. The van der Waals surface area contributed by atoms with E-state index >= 15 is 0 Å². The fourth-order valence-corrected chi connectivity index (χ4v) is 5.14. The van der Waals surface area contributed by atoms with Crippen LogP contribution in [0.15, 0.2) is 48.5 Å². The summed E-state index contributed by atoms with van der Waals surface area (Å²) in [7, 11) is 1.60.